The highest BCUT2D eigenvalue weighted by Crippen LogP contribution is 2.67. The fraction of sp³-hybridized carbons (Fsp3) is 0.0526. The zero-order chi connectivity index (χ0) is 48.8. The van der Waals surface area contributed by atoms with Gasteiger partial charge in [0.15, 0.2) is 0 Å². The van der Waals surface area contributed by atoms with Gasteiger partial charge in [0.05, 0.1) is 16.2 Å². The molecule has 12 aromatic carbocycles. The molecule has 6 aliphatic rings. The van der Waals surface area contributed by atoms with E-state index in [1.165, 1.54) is 156 Å². The van der Waals surface area contributed by atoms with Crippen molar-refractivity contribution in [2.75, 3.05) is 0 Å². The van der Waals surface area contributed by atoms with Crippen LogP contribution < -0.4 is 0 Å². The van der Waals surface area contributed by atoms with Crippen LogP contribution in [0.15, 0.2) is 267 Å². The van der Waals surface area contributed by atoms with Crippen LogP contribution in [0.5, 0.6) is 0 Å². The van der Waals surface area contributed by atoms with Gasteiger partial charge in [-0.1, -0.05) is 250 Å². The normalized spacial score (nSPS) is 15.1. The van der Waals surface area contributed by atoms with E-state index >= 15 is 0 Å². The second-order valence-electron chi connectivity index (χ2n) is 21.7. The lowest BCUT2D eigenvalue weighted by atomic mass is 9.69. The summed E-state index contributed by atoms with van der Waals surface area (Å²) in [6.07, 6.45) is 0. The van der Waals surface area contributed by atoms with E-state index in [4.69, 9.17) is 0 Å². The van der Waals surface area contributed by atoms with E-state index in [1.54, 1.807) is 0 Å². The van der Waals surface area contributed by atoms with Gasteiger partial charge in [0.2, 0.25) is 0 Å². The maximum absolute atomic E-state index is 2.56. The minimum Gasteiger partial charge on any atom is -0.0776 e. The van der Waals surface area contributed by atoms with Gasteiger partial charge in [0.25, 0.3) is 0 Å². The van der Waals surface area contributed by atoms with E-state index in [9.17, 15) is 0 Å². The Labute approximate surface area is 443 Å². The highest BCUT2D eigenvalue weighted by molar-refractivity contribution is 6.00. The van der Waals surface area contributed by atoms with Crippen LogP contribution in [0, 0.1) is 0 Å². The van der Waals surface area contributed by atoms with Crippen LogP contribution in [-0.2, 0) is 16.2 Å². The molecular formula is C76H48. The lowest BCUT2D eigenvalue weighted by Gasteiger charge is -2.32. The predicted molar refractivity (Wildman–Crippen MR) is 313 cm³/mol. The van der Waals surface area contributed by atoms with Gasteiger partial charge in [-0.2, -0.15) is 0 Å². The Balaban J connectivity index is 0.00000470. The summed E-state index contributed by atoms with van der Waals surface area (Å²) >= 11 is 0. The zero-order valence-corrected chi connectivity index (χ0v) is 40.9. The van der Waals surface area contributed by atoms with Crippen molar-refractivity contribution >= 4 is 0 Å². The van der Waals surface area contributed by atoms with Gasteiger partial charge >= 0.3 is 0 Å². The Bertz CT molecular complexity index is 4140. The van der Waals surface area contributed by atoms with Gasteiger partial charge < -0.3 is 0 Å². The van der Waals surface area contributed by atoms with Crippen molar-refractivity contribution in [2.24, 2.45) is 0 Å². The summed E-state index contributed by atoms with van der Waals surface area (Å²) in [6, 6.07) is 103. The van der Waals surface area contributed by atoms with Crippen molar-refractivity contribution < 1.29 is 0 Å². The fourth-order valence-corrected chi connectivity index (χ4v) is 16.0. The maximum atomic E-state index is 2.56. The number of fused-ring (bicyclic) bond motifs is 30. The third-order valence-corrected chi connectivity index (χ3v) is 18.8. The largest absolute Gasteiger partial charge is 0.0776 e. The molecule has 0 N–H and O–H groups in total. The molecule has 0 heteroatoms. The van der Waals surface area contributed by atoms with Crippen molar-refractivity contribution in [1.82, 2.24) is 0 Å². The van der Waals surface area contributed by atoms with Crippen LogP contribution in [0.4, 0.5) is 0 Å². The van der Waals surface area contributed by atoms with Gasteiger partial charge in [0.1, 0.15) is 0 Å². The number of benzene rings is 12. The summed E-state index contributed by atoms with van der Waals surface area (Å²) in [5, 5.41) is 0. The molecule has 0 amide bonds. The Kier molecular flexibility index (Phi) is 8.13. The summed E-state index contributed by atoms with van der Waals surface area (Å²) in [7, 11) is 0. The summed E-state index contributed by atoms with van der Waals surface area (Å²) in [5.41, 5.74) is 35.8. The standard InChI is InChI=1S/C75H44.CH4/c1-9-25-61-49(17-1)50-18-2-10-26-62(50)73(61)65-29-13-7-23-55(65)57-37-33-45(41-69(57)73)47-35-39-59-60-40-36-48(44-72(60)75(71(59)43-47)67-31-15-5-21-53(67)54-22-6-16-32-68(54)75)46-34-38-58-56-24-8-14-30-66(56)74(70(58)42-46)63-27-11-3-19-51(63)52-20-4-12-28-64(52)74;/h1-44H;1H4. The van der Waals surface area contributed by atoms with Gasteiger partial charge in [-0.05, 0) is 180 Å². The first kappa shape index (κ1) is 42.0. The summed E-state index contributed by atoms with van der Waals surface area (Å²) in [6.45, 7) is 0. The molecule has 0 bridgehead atoms. The Morgan fingerprint density at radius 3 is 0.474 bits per heavy atom. The second kappa shape index (κ2) is 14.7. The Morgan fingerprint density at radius 1 is 0.145 bits per heavy atom. The van der Waals surface area contributed by atoms with Crippen molar-refractivity contribution in [3.05, 3.63) is 334 Å². The predicted octanol–water partition coefficient (Wildman–Crippen LogP) is 18.7. The molecule has 0 heterocycles. The average molecular weight is 961 g/mol. The molecular weight excluding hydrogens is 913 g/mol. The average Bonchev–Trinajstić information content (AvgIpc) is 4.48. The van der Waals surface area contributed by atoms with E-state index in [2.05, 4.69) is 267 Å². The van der Waals surface area contributed by atoms with Gasteiger partial charge in [-0.3, -0.25) is 0 Å². The smallest absolute Gasteiger partial charge is 0.0725 e. The first-order chi connectivity index (χ1) is 37.2. The zero-order valence-electron chi connectivity index (χ0n) is 40.9. The summed E-state index contributed by atoms with van der Waals surface area (Å²) in [4.78, 5) is 0. The van der Waals surface area contributed by atoms with Crippen LogP contribution in [0.1, 0.15) is 74.2 Å². The van der Waals surface area contributed by atoms with Gasteiger partial charge in [0, 0.05) is 0 Å². The molecule has 0 saturated heterocycles. The van der Waals surface area contributed by atoms with Crippen LogP contribution in [0.25, 0.3) is 89.0 Å². The summed E-state index contributed by atoms with van der Waals surface area (Å²) in [5.74, 6) is 0. The van der Waals surface area contributed by atoms with Crippen LogP contribution in [-0.4, -0.2) is 0 Å². The van der Waals surface area contributed by atoms with E-state index in [0.717, 1.165) is 0 Å². The molecule has 0 nitrogen and oxygen atoms in total. The van der Waals surface area contributed by atoms with Crippen molar-refractivity contribution in [3.63, 3.8) is 0 Å². The number of rotatable bonds is 2. The molecule has 6 aliphatic carbocycles. The maximum Gasteiger partial charge on any atom is 0.0725 e. The molecule has 18 rings (SSSR count). The second-order valence-corrected chi connectivity index (χ2v) is 21.7. The van der Waals surface area contributed by atoms with E-state index in [-0.39, 0.29) is 7.43 Å². The third kappa shape index (κ3) is 4.76. The molecule has 0 fully saturated rings. The monoisotopic (exact) mass is 960 g/mol. The lowest BCUT2D eigenvalue weighted by molar-refractivity contribution is 0.792. The first-order valence-electron chi connectivity index (χ1n) is 26.6. The van der Waals surface area contributed by atoms with Crippen molar-refractivity contribution in [1.29, 1.82) is 0 Å². The minimum absolute atomic E-state index is 0. The van der Waals surface area contributed by atoms with E-state index in [1.807, 2.05) is 0 Å². The SMILES string of the molecule is C.c1ccc2c(c1)-c1ccccc1C21c2ccccc2-c2ccc(-c3ccc4c(c3)C3(c5ccccc5-c5ccccc53)c3cc(-c5ccc6c(c5)C5(c7ccccc7-c7ccccc75)c5ccccc5-6)ccc3-4)cc21. The molecule has 0 aliphatic heterocycles. The van der Waals surface area contributed by atoms with Crippen LogP contribution in [0.2, 0.25) is 0 Å². The van der Waals surface area contributed by atoms with E-state index < -0.39 is 16.2 Å². The topological polar surface area (TPSA) is 0 Å². The Hall–Kier alpha value is -9.36. The minimum atomic E-state index is -0.529. The van der Waals surface area contributed by atoms with E-state index in [0.29, 0.717) is 0 Å². The highest BCUT2D eigenvalue weighted by atomic mass is 14.6. The third-order valence-electron chi connectivity index (χ3n) is 18.8. The van der Waals surface area contributed by atoms with Crippen LogP contribution in [0.3, 0.4) is 0 Å². The van der Waals surface area contributed by atoms with Crippen molar-refractivity contribution in [3.8, 4) is 89.0 Å². The molecule has 0 unspecified atom stereocenters. The lowest BCUT2D eigenvalue weighted by Crippen LogP contribution is -2.26. The Morgan fingerprint density at radius 2 is 0.289 bits per heavy atom. The van der Waals surface area contributed by atoms with Gasteiger partial charge in [-0.15, -0.1) is 0 Å². The fourth-order valence-electron chi connectivity index (χ4n) is 16.0. The van der Waals surface area contributed by atoms with Crippen molar-refractivity contribution in [2.45, 2.75) is 23.7 Å². The molecule has 0 radical (unpaired) electrons. The molecule has 352 valence electrons. The highest BCUT2D eigenvalue weighted by Gasteiger charge is 2.55. The molecule has 0 atom stereocenters. The molecule has 0 saturated carbocycles. The summed E-state index contributed by atoms with van der Waals surface area (Å²) < 4.78 is 0. The molecule has 0 aromatic heterocycles. The first-order valence-corrected chi connectivity index (χ1v) is 26.6. The molecule has 76 heavy (non-hydrogen) atoms. The quantitative estimate of drug-likeness (QED) is 0.162. The molecule has 3 spiro atoms. The number of hydrogen-bond donors (Lipinski definition) is 0. The molecule has 12 aromatic rings. The van der Waals surface area contributed by atoms with Crippen LogP contribution >= 0.6 is 0 Å². The number of hydrogen-bond acceptors (Lipinski definition) is 0. The van der Waals surface area contributed by atoms with Gasteiger partial charge in [-0.25, -0.2) is 0 Å².